The second kappa shape index (κ2) is 11.5. The number of fused-ring (bicyclic) bond motifs is 1. The van der Waals surface area contributed by atoms with Crippen LogP contribution in [-0.4, -0.2) is 28.2 Å². The van der Waals surface area contributed by atoms with Crippen LogP contribution < -0.4 is 20.1 Å². The van der Waals surface area contributed by atoms with Gasteiger partial charge >= 0.3 is 6.61 Å². The summed E-state index contributed by atoms with van der Waals surface area (Å²) in [5, 5.41) is 6.68. The molecular formula is C29H23F2IN4O2. The van der Waals surface area contributed by atoms with Crippen LogP contribution in [0.15, 0.2) is 103 Å². The van der Waals surface area contributed by atoms with Crippen LogP contribution in [0.2, 0.25) is 0 Å². The largest absolute Gasteiger partial charge is 0.497 e. The topological polar surface area (TPSA) is 67.8 Å². The maximum atomic E-state index is 12.8. The summed E-state index contributed by atoms with van der Waals surface area (Å²) in [6.45, 7) is 1.28. The number of halogens is 3. The third kappa shape index (κ3) is 6.05. The van der Waals surface area contributed by atoms with E-state index < -0.39 is 27.3 Å². The van der Waals surface area contributed by atoms with E-state index >= 15 is 0 Å². The van der Waals surface area contributed by atoms with Crippen LogP contribution in [0.1, 0.15) is 16.8 Å². The van der Waals surface area contributed by atoms with Crippen molar-refractivity contribution in [3.63, 3.8) is 0 Å². The molecule has 192 valence electrons. The number of rotatable bonds is 8. The molecule has 1 aliphatic rings. The molecule has 0 fully saturated rings. The van der Waals surface area contributed by atoms with Crippen LogP contribution in [-0.2, 0) is 0 Å². The van der Waals surface area contributed by atoms with E-state index in [4.69, 9.17) is 9.73 Å². The number of aromatic nitrogens is 1. The van der Waals surface area contributed by atoms with E-state index in [9.17, 15) is 8.78 Å². The molecule has 3 aromatic carbocycles. The van der Waals surface area contributed by atoms with Crippen LogP contribution in [0.3, 0.4) is 0 Å². The minimum absolute atomic E-state index is 0.0641. The Balaban J connectivity index is 1.47. The van der Waals surface area contributed by atoms with Crippen molar-refractivity contribution >= 4 is 47.3 Å². The second-order valence-electron chi connectivity index (χ2n) is 8.12. The Labute approximate surface area is 228 Å². The van der Waals surface area contributed by atoms with Gasteiger partial charge in [0.25, 0.3) is 0 Å². The van der Waals surface area contributed by atoms with Gasteiger partial charge in [-0.15, -0.1) is 0 Å². The number of hydrogen-bond donors (Lipinski definition) is 2. The number of nitrogens with zero attached hydrogens (tertiary/aromatic N) is 2. The molecule has 4 aromatic rings. The Morgan fingerprint density at radius 3 is 2.50 bits per heavy atom. The summed E-state index contributed by atoms with van der Waals surface area (Å²) in [7, 11) is 1.63. The predicted molar refractivity (Wildman–Crippen MR) is 156 cm³/mol. The van der Waals surface area contributed by atoms with Crippen molar-refractivity contribution in [1.29, 1.82) is 0 Å². The van der Waals surface area contributed by atoms with Crippen molar-refractivity contribution in [1.82, 2.24) is 4.98 Å². The highest BCUT2D eigenvalue weighted by atomic mass is 127. The zero-order chi connectivity index (χ0) is 26.5. The molecule has 1 aliphatic heterocycles. The third-order valence-corrected chi connectivity index (χ3v) is 8.38. The van der Waals surface area contributed by atoms with Crippen LogP contribution in [0.4, 0.5) is 20.2 Å². The van der Waals surface area contributed by atoms with Gasteiger partial charge in [-0.05, 0) is 72.3 Å². The SMILES string of the molecule is C=C(Nc1ccc2c(c1)C(Nc1cccc(OC(F)F)c1)=NC(c1ccccn1)=I2)c1ccc(OC)cc1. The van der Waals surface area contributed by atoms with Gasteiger partial charge in [-0.3, -0.25) is 4.98 Å². The minimum atomic E-state index is -2.90. The number of ether oxygens (including phenoxy) is 2. The fourth-order valence-corrected chi connectivity index (χ4v) is 6.32. The first-order valence-electron chi connectivity index (χ1n) is 11.6. The van der Waals surface area contributed by atoms with E-state index in [1.165, 1.54) is 12.1 Å². The molecule has 9 heteroatoms. The monoisotopic (exact) mass is 624 g/mol. The molecule has 0 amide bonds. The maximum absolute atomic E-state index is 12.8. The summed E-state index contributed by atoms with van der Waals surface area (Å²) in [4.78, 5) is 9.42. The van der Waals surface area contributed by atoms with Gasteiger partial charge in [0.2, 0.25) is 0 Å². The average Bonchev–Trinajstić information content (AvgIpc) is 2.93. The number of hydrogen-bond acceptors (Lipinski definition) is 6. The number of methoxy groups -OCH3 is 1. The van der Waals surface area contributed by atoms with Gasteiger partial charge in [0, 0.05) is 38.5 Å². The number of amidine groups is 1. The molecule has 0 radical (unpaired) electrons. The molecule has 0 spiro atoms. The Morgan fingerprint density at radius 2 is 1.76 bits per heavy atom. The highest BCUT2D eigenvalue weighted by molar-refractivity contribution is 14.2. The summed E-state index contributed by atoms with van der Waals surface area (Å²) >= 11 is -0.617. The van der Waals surface area contributed by atoms with E-state index in [2.05, 4.69) is 33.0 Å². The molecule has 2 heterocycles. The van der Waals surface area contributed by atoms with E-state index in [0.717, 1.165) is 41.2 Å². The number of aliphatic imine (C=N–C) groups is 1. The molecule has 5 rings (SSSR count). The molecule has 0 saturated carbocycles. The lowest BCUT2D eigenvalue weighted by Gasteiger charge is -2.20. The smallest absolute Gasteiger partial charge is 0.387 e. The molecule has 2 N–H and O–H groups in total. The lowest BCUT2D eigenvalue weighted by molar-refractivity contribution is -0.0498. The van der Waals surface area contributed by atoms with Crippen molar-refractivity contribution in [2.24, 2.45) is 4.99 Å². The van der Waals surface area contributed by atoms with Gasteiger partial charge in [-0.25, -0.2) is 4.99 Å². The van der Waals surface area contributed by atoms with E-state index in [1.54, 1.807) is 25.4 Å². The molecular weight excluding hydrogens is 601 g/mol. The molecule has 1 aromatic heterocycles. The summed E-state index contributed by atoms with van der Waals surface area (Å²) in [6.07, 6.45) is 1.74. The highest BCUT2D eigenvalue weighted by Gasteiger charge is 2.19. The Morgan fingerprint density at radius 1 is 0.921 bits per heavy atom. The van der Waals surface area contributed by atoms with Crippen molar-refractivity contribution in [3.05, 3.63) is 118 Å². The van der Waals surface area contributed by atoms with Crippen LogP contribution in [0.25, 0.3) is 5.70 Å². The Kier molecular flexibility index (Phi) is 7.73. The summed E-state index contributed by atoms with van der Waals surface area (Å²) in [6, 6.07) is 25.9. The third-order valence-electron chi connectivity index (χ3n) is 5.55. The van der Waals surface area contributed by atoms with Crippen molar-refractivity contribution in [2.45, 2.75) is 6.61 Å². The van der Waals surface area contributed by atoms with E-state index in [0.29, 0.717) is 11.5 Å². The second-order valence-corrected chi connectivity index (χ2v) is 10.8. The zero-order valence-electron chi connectivity index (χ0n) is 20.3. The molecule has 38 heavy (non-hydrogen) atoms. The van der Waals surface area contributed by atoms with Gasteiger partial charge in [-0.2, -0.15) is 8.78 Å². The van der Waals surface area contributed by atoms with E-state index in [-0.39, 0.29) is 5.75 Å². The standard InChI is InChI=1S/C29H23F2IN4O2/c1-18(19-9-12-22(37-2)13-10-19)34-21-11-14-25-24(17-21)28(36-27(32-25)26-8-3-4-15-33-26)35-20-6-5-7-23(16-20)38-29(30)31/h3-17,29,34H,1H2,2H3,(H,35,36). The number of anilines is 2. The number of nitrogens with one attached hydrogen (secondary N) is 2. The normalized spacial score (nSPS) is 12.4. The average molecular weight is 624 g/mol. The van der Waals surface area contributed by atoms with Crippen molar-refractivity contribution in [3.8, 4) is 11.5 Å². The van der Waals surface area contributed by atoms with Gasteiger partial charge in [-0.1, -0.05) is 39.4 Å². The highest BCUT2D eigenvalue weighted by Crippen LogP contribution is 2.31. The van der Waals surface area contributed by atoms with Crippen LogP contribution in [0, 0.1) is 3.57 Å². The van der Waals surface area contributed by atoms with Gasteiger partial charge in [0.15, 0.2) is 0 Å². The van der Waals surface area contributed by atoms with E-state index in [1.807, 2.05) is 54.6 Å². The minimum Gasteiger partial charge on any atom is -0.497 e. The van der Waals surface area contributed by atoms with Crippen molar-refractivity contribution in [2.75, 3.05) is 17.7 Å². The zero-order valence-corrected chi connectivity index (χ0v) is 22.4. The fraction of sp³-hybridized carbons (Fsp3) is 0.0690. The Hall–Kier alpha value is -4.12. The van der Waals surface area contributed by atoms with Crippen molar-refractivity contribution < 1.29 is 18.3 Å². The fourth-order valence-electron chi connectivity index (χ4n) is 3.75. The lowest BCUT2D eigenvalue weighted by atomic mass is 10.1. The van der Waals surface area contributed by atoms with Crippen LogP contribution in [0.5, 0.6) is 11.5 Å². The summed E-state index contributed by atoms with van der Waals surface area (Å²) in [5.41, 5.74) is 4.83. The van der Waals surface area contributed by atoms with Gasteiger partial charge < -0.3 is 20.1 Å². The first-order chi connectivity index (χ1) is 18.5. The van der Waals surface area contributed by atoms with Gasteiger partial charge in [0.1, 0.15) is 21.0 Å². The molecule has 0 unspecified atom stereocenters. The summed E-state index contributed by atoms with van der Waals surface area (Å²) < 4.78 is 37.4. The number of alkyl halides is 2. The molecule has 6 nitrogen and oxygen atoms in total. The van der Waals surface area contributed by atoms with Gasteiger partial charge in [0.05, 0.1) is 12.8 Å². The van der Waals surface area contributed by atoms with Crippen LogP contribution >= 0.6 is 20.7 Å². The molecule has 0 atom stereocenters. The Bertz CT molecular complexity index is 1520. The maximum Gasteiger partial charge on any atom is 0.387 e. The first-order valence-corrected chi connectivity index (χ1v) is 13.7. The molecule has 0 bridgehead atoms. The molecule has 0 aliphatic carbocycles. The first kappa shape index (κ1) is 25.5. The summed E-state index contributed by atoms with van der Waals surface area (Å²) in [5.74, 6) is 1.43. The quantitative estimate of drug-likeness (QED) is 0.208. The lowest BCUT2D eigenvalue weighted by Crippen LogP contribution is -2.20. The predicted octanol–water partition coefficient (Wildman–Crippen LogP) is 6.97. The molecule has 0 saturated heterocycles. The number of benzene rings is 3. The number of pyridine rings is 1.